The molecule has 142 valence electrons. The number of anilines is 2. The summed E-state index contributed by atoms with van der Waals surface area (Å²) in [6.45, 7) is 6.78. The molecular weight excluding hydrogens is 350 g/mol. The van der Waals surface area contributed by atoms with E-state index in [1.807, 2.05) is 0 Å². The Morgan fingerprint density at radius 1 is 0.815 bits per heavy atom. The Morgan fingerprint density at radius 2 is 1.33 bits per heavy atom. The van der Waals surface area contributed by atoms with Crippen molar-refractivity contribution in [2.75, 3.05) is 23.1 Å². The van der Waals surface area contributed by atoms with Crippen molar-refractivity contribution in [2.24, 2.45) is 11.8 Å². The summed E-state index contributed by atoms with van der Waals surface area (Å²) < 4.78 is 0. The SMILES string of the molecule is C[C@H]1[C@H](C)CCC[C@@H]1[NH+]1CN(c2ccccc2)C(=S)N(c2ccccc2)C1. The Balaban J connectivity index is 1.67. The lowest BCUT2D eigenvalue weighted by Crippen LogP contribution is -3.21. The average Bonchev–Trinajstić information content (AvgIpc) is 2.72. The molecule has 0 unspecified atom stereocenters. The number of nitrogens with one attached hydrogen (secondary N) is 1. The number of quaternary nitrogens is 1. The first-order chi connectivity index (χ1) is 13.1. The van der Waals surface area contributed by atoms with E-state index in [2.05, 4.69) is 84.3 Å². The van der Waals surface area contributed by atoms with Gasteiger partial charge in [0.25, 0.3) is 0 Å². The molecule has 1 heterocycles. The molecule has 2 aromatic rings. The average molecular weight is 381 g/mol. The predicted octanol–water partition coefficient (Wildman–Crippen LogP) is 3.92. The number of nitrogens with zero attached hydrogens (tertiary/aromatic N) is 2. The Bertz CT molecular complexity index is 712. The van der Waals surface area contributed by atoms with Crippen molar-refractivity contribution in [3.8, 4) is 0 Å². The molecule has 0 amide bonds. The maximum Gasteiger partial charge on any atom is 0.189 e. The molecular formula is C23H30N3S+. The summed E-state index contributed by atoms with van der Waals surface area (Å²) in [6.07, 6.45) is 4.04. The molecule has 1 N–H and O–H groups in total. The first-order valence-corrected chi connectivity index (χ1v) is 10.6. The summed E-state index contributed by atoms with van der Waals surface area (Å²) in [5.41, 5.74) is 2.38. The molecule has 4 rings (SSSR count). The van der Waals surface area contributed by atoms with Crippen LogP contribution in [0.4, 0.5) is 11.4 Å². The Kier molecular flexibility index (Phi) is 5.46. The van der Waals surface area contributed by atoms with E-state index in [9.17, 15) is 0 Å². The molecule has 2 aromatic carbocycles. The van der Waals surface area contributed by atoms with E-state index >= 15 is 0 Å². The third kappa shape index (κ3) is 3.74. The molecule has 27 heavy (non-hydrogen) atoms. The van der Waals surface area contributed by atoms with Gasteiger partial charge >= 0.3 is 0 Å². The van der Waals surface area contributed by atoms with Crippen LogP contribution >= 0.6 is 12.2 Å². The normalized spacial score (nSPS) is 27.0. The Morgan fingerprint density at radius 3 is 1.85 bits per heavy atom. The highest BCUT2D eigenvalue weighted by molar-refractivity contribution is 7.80. The molecule has 3 atom stereocenters. The van der Waals surface area contributed by atoms with Crippen LogP contribution in [0.25, 0.3) is 0 Å². The van der Waals surface area contributed by atoms with Gasteiger partial charge in [-0.1, -0.05) is 50.2 Å². The zero-order valence-corrected chi connectivity index (χ0v) is 17.2. The van der Waals surface area contributed by atoms with Crippen LogP contribution in [0.15, 0.2) is 60.7 Å². The van der Waals surface area contributed by atoms with Crippen LogP contribution in [0.1, 0.15) is 33.1 Å². The minimum absolute atomic E-state index is 0.689. The van der Waals surface area contributed by atoms with Crippen LogP contribution in [0.5, 0.6) is 0 Å². The zero-order chi connectivity index (χ0) is 18.8. The zero-order valence-electron chi connectivity index (χ0n) is 16.3. The summed E-state index contributed by atoms with van der Waals surface area (Å²) in [6, 6.07) is 21.9. The van der Waals surface area contributed by atoms with Gasteiger partial charge in [0.1, 0.15) is 0 Å². The van der Waals surface area contributed by atoms with Crippen molar-refractivity contribution in [2.45, 2.75) is 39.2 Å². The second-order valence-corrected chi connectivity index (χ2v) is 8.52. The van der Waals surface area contributed by atoms with E-state index in [1.165, 1.54) is 30.6 Å². The molecule has 2 fully saturated rings. The van der Waals surface area contributed by atoms with E-state index in [4.69, 9.17) is 12.2 Å². The molecule has 2 aliphatic rings. The van der Waals surface area contributed by atoms with E-state index in [-0.39, 0.29) is 0 Å². The van der Waals surface area contributed by atoms with Crippen molar-refractivity contribution in [1.82, 2.24) is 0 Å². The maximum absolute atomic E-state index is 5.96. The summed E-state index contributed by atoms with van der Waals surface area (Å²) >= 11 is 5.96. The fourth-order valence-corrected chi connectivity index (χ4v) is 5.09. The number of rotatable bonds is 3. The summed E-state index contributed by atoms with van der Waals surface area (Å²) in [5, 5.41) is 0.910. The van der Waals surface area contributed by atoms with E-state index < -0.39 is 0 Å². The standard InChI is InChI=1S/C23H29N3S/c1-18-10-9-15-22(19(18)2)24-16-25(20-11-5-3-6-12-20)23(27)26(17-24)21-13-7-4-8-14-21/h3-8,11-14,18-19,22H,9-10,15-17H2,1-2H3/p+1/t18-,19+,22+/m1/s1. The summed E-state index contributed by atoms with van der Waals surface area (Å²) in [5.74, 6) is 1.55. The molecule has 0 spiro atoms. The second kappa shape index (κ2) is 7.99. The van der Waals surface area contributed by atoms with Gasteiger partial charge in [0.15, 0.2) is 18.4 Å². The molecule has 1 aliphatic carbocycles. The largest absolute Gasteiger partial charge is 0.297 e. The lowest BCUT2D eigenvalue weighted by molar-refractivity contribution is -0.930. The lowest BCUT2D eigenvalue weighted by atomic mass is 9.77. The van der Waals surface area contributed by atoms with Gasteiger partial charge in [-0.15, -0.1) is 0 Å². The second-order valence-electron chi connectivity index (χ2n) is 8.16. The fourth-order valence-electron chi connectivity index (χ4n) is 4.75. The van der Waals surface area contributed by atoms with Crippen LogP contribution in [0.2, 0.25) is 0 Å². The minimum Gasteiger partial charge on any atom is -0.297 e. The van der Waals surface area contributed by atoms with Crippen LogP contribution in [0, 0.1) is 11.8 Å². The van der Waals surface area contributed by atoms with Crippen molar-refractivity contribution in [3.63, 3.8) is 0 Å². The van der Waals surface area contributed by atoms with E-state index in [0.717, 1.165) is 30.3 Å². The van der Waals surface area contributed by atoms with Gasteiger partial charge in [0, 0.05) is 17.3 Å². The van der Waals surface area contributed by atoms with Gasteiger partial charge in [0.2, 0.25) is 0 Å². The predicted molar refractivity (Wildman–Crippen MR) is 117 cm³/mol. The first-order valence-electron chi connectivity index (χ1n) is 10.2. The summed E-state index contributed by atoms with van der Waals surface area (Å²) in [7, 11) is 0. The highest BCUT2D eigenvalue weighted by atomic mass is 32.1. The summed E-state index contributed by atoms with van der Waals surface area (Å²) in [4.78, 5) is 6.29. The molecule has 0 bridgehead atoms. The molecule has 1 saturated heterocycles. The van der Waals surface area contributed by atoms with Crippen LogP contribution in [-0.2, 0) is 0 Å². The molecule has 1 aliphatic heterocycles. The van der Waals surface area contributed by atoms with E-state index in [0.29, 0.717) is 6.04 Å². The van der Waals surface area contributed by atoms with E-state index in [1.54, 1.807) is 4.90 Å². The smallest absolute Gasteiger partial charge is 0.189 e. The molecule has 0 aromatic heterocycles. The van der Waals surface area contributed by atoms with Gasteiger partial charge < -0.3 is 0 Å². The first kappa shape index (κ1) is 18.5. The molecule has 1 saturated carbocycles. The third-order valence-electron chi connectivity index (χ3n) is 6.55. The van der Waals surface area contributed by atoms with Crippen molar-refractivity contribution in [1.29, 1.82) is 0 Å². The molecule has 4 heteroatoms. The highest BCUT2D eigenvalue weighted by Crippen LogP contribution is 2.29. The van der Waals surface area contributed by atoms with Crippen LogP contribution in [0.3, 0.4) is 0 Å². The van der Waals surface area contributed by atoms with Gasteiger partial charge in [-0.05, 0) is 61.7 Å². The van der Waals surface area contributed by atoms with Gasteiger partial charge in [-0.3, -0.25) is 14.7 Å². The Hall–Kier alpha value is -1.91. The quantitative estimate of drug-likeness (QED) is 0.810. The monoisotopic (exact) mass is 380 g/mol. The van der Waals surface area contributed by atoms with Gasteiger partial charge in [-0.2, -0.15) is 0 Å². The molecule has 0 radical (unpaired) electrons. The molecule has 3 nitrogen and oxygen atoms in total. The highest BCUT2D eigenvalue weighted by Gasteiger charge is 2.40. The van der Waals surface area contributed by atoms with Crippen LogP contribution in [-0.4, -0.2) is 24.5 Å². The van der Waals surface area contributed by atoms with Crippen molar-refractivity contribution >= 4 is 28.7 Å². The van der Waals surface area contributed by atoms with Crippen LogP contribution < -0.4 is 14.7 Å². The number of hydrogen-bond donors (Lipinski definition) is 1. The van der Waals surface area contributed by atoms with Gasteiger partial charge in [0.05, 0.1) is 6.04 Å². The number of hydrogen-bond acceptors (Lipinski definition) is 1. The third-order valence-corrected chi connectivity index (χ3v) is 6.99. The van der Waals surface area contributed by atoms with Crippen molar-refractivity contribution in [3.05, 3.63) is 60.7 Å². The maximum atomic E-state index is 5.96. The topological polar surface area (TPSA) is 10.9 Å². The number of benzene rings is 2. The van der Waals surface area contributed by atoms with Gasteiger partial charge in [-0.25, -0.2) is 0 Å². The minimum atomic E-state index is 0.689. The fraction of sp³-hybridized carbons (Fsp3) is 0.435. The van der Waals surface area contributed by atoms with Crippen molar-refractivity contribution < 1.29 is 4.90 Å². The number of para-hydroxylation sites is 2. The lowest BCUT2D eigenvalue weighted by Gasteiger charge is -2.47. The number of thiocarbonyl (C=S) groups is 1. The Labute approximate surface area is 168 Å².